The van der Waals surface area contributed by atoms with Gasteiger partial charge in [-0.3, -0.25) is 4.68 Å². The number of aliphatic hydroxyl groups is 1. The summed E-state index contributed by atoms with van der Waals surface area (Å²) in [6.45, 7) is 4.25. The van der Waals surface area contributed by atoms with Gasteiger partial charge in [0.25, 0.3) is 0 Å². The molecule has 3 aromatic rings. The van der Waals surface area contributed by atoms with Gasteiger partial charge in [0.05, 0.1) is 11.1 Å². The molecule has 5 N–H and O–H groups in total. The summed E-state index contributed by atoms with van der Waals surface area (Å²) in [5.74, 6) is 0. The van der Waals surface area contributed by atoms with Crippen molar-refractivity contribution in [3.05, 3.63) is 42.6 Å². The molecule has 0 saturated carbocycles. The topological polar surface area (TPSA) is 90.1 Å². The molecule has 5 nitrogen and oxygen atoms in total. The van der Waals surface area contributed by atoms with Crippen LogP contribution < -0.4 is 11.5 Å². The Labute approximate surface area is 135 Å². The standard InChI is InChI=1S/C18H22N4O/c1-18(2,23)6-7-22-11-13-9-16(20)15(10-17(13)21-22)12-4-3-5-14(19)8-12/h3-5,8-11,23H,6-7,19-20H2,1-2H3. The van der Waals surface area contributed by atoms with Crippen molar-refractivity contribution in [2.24, 2.45) is 0 Å². The maximum absolute atomic E-state index is 9.84. The number of nitrogens with zero attached hydrogens (tertiary/aromatic N) is 2. The zero-order valence-corrected chi connectivity index (χ0v) is 13.5. The highest BCUT2D eigenvalue weighted by Crippen LogP contribution is 2.31. The second kappa shape index (κ2) is 5.59. The lowest BCUT2D eigenvalue weighted by molar-refractivity contribution is 0.0651. The van der Waals surface area contributed by atoms with Crippen molar-refractivity contribution in [3.63, 3.8) is 0 Å². The number of hydrogen-bond acceptors (Lipinski definition) is 4. The van der Waals surface area contributed by atoms with Crippen LogP contribution in [0, 0.1) is 0 Å². The first-order valence-electron chi connectivity index (χ1n) is 7.67. The molecule has 0 bridgehead atoms. The number of nitrogen functional groups attached to an aromatic ring is 2. The van der Waals surface area contributed by atoms with Crippen molar-refractivity contribution in [2.45, 2.75) is 32.4 Å². The third kappa shape index (κ3) is 3.46. The van der Waals surface area contributed by atoms with Crippen LogP contribution in [0.2, 0.25) is 0 Å². The number of benzene rings is 2. The van der Waals surface area contributed by atoms with Crippen molar-refractivity contribution in [1.29, 1.82) is 0 Å². The monoisotopic (exact) mass is 310 g/mol. The summed E-state index contributed by atoms with van der Waals surface area (Å²) in [7, 11) is 0. The lowest BCUT2D eigenvalue weighted by Gasteiger charge is -2.16. The normalized spacial score (nSPS) is 12.0. The van der Waals surface area contributed by atoms with Crippen LogP contribution in [0.4, 0.5) is 11.4 Å². The van der Waals surface area contributed by atoms with Crippen LogP contribution in [0.15, 0.2) is 42.6 Å². The molecule has 5 heteroatoms. The third-order valence-corrected chi connectivity index (χ3v) is 3.87. The summed E-state index contributed by atoms with van der Waals surface area (Å²) in [6.07, 6.45) is 2.60. The van der Waals surface area contributed by atoms with Crippen LogP contribution in [0.1, 0.15) is 20.3 Å². The summed E-state index contributed by atoms with van der Waals surface area (Å²) in [6, 6.07) is 11.6. The fourth-order valence-electron chi connectivity index (χ4n) is 2.60. The van der Waals surface area contributed by atoms with Gasteiger partial charge in [-0.05, 0) is 50.1 Å². The number of hydrogen-bond donors (Lipinski definition) is 3. The Morgan fingerprint density at radius 3 is 2.65 bits per heavy atom. The van der Waals surface area contributed by atoms with Gasteiger partial charge in [-0.2, -0.15) is 5.10 Å². The van der Waals surface area contributed by atoms with E-state index in [4.69, 9.17) is 11.5 Å². The first-order valence-corrected chi connectivity index (χ1v) is 7.67. The zero-order valence-electron chi connectivity index (χ0n) is 13.5. The molecule has 0 fully saturated rings. The first kappa shape index (κ1) is 15.4. The number of rotatable bonds is 4. The SMILES string of the molecule is CC(C)(O)CCn1cc2cc(N)c(-c3cccc(N)c3)cc2n1. The predicted octanol–water partition coefficient (Wildman–Crippen LogP) is 3.03. The Balaban J connectivity index is 1.97. The average Bonchev–Trinajstić information content (AvgIpc) is 2.85. The van der Waals surface area contributed by atoms with Crippen LogP contribution in [0.3, 0.4) is 0 Å². The third-order valence-electron chi connectivity index (χ3n) is 3.87. The van der Waals surface area contributed by atoms with Crippen molar-refractivity contribution >= 4 is 22.3 Å². The minimum atomic E-state index is -0.704. The van der Waals surface area contributed by atoms with Gasteiger partial charge in [0, 0.05) is 35.1 Å². The van der Waals surface area contributed by atoms with E-state index >= 15 is 0 Å². The first-order chi connectivity index (χ1) is 10.8. The molecule has 1 aromatic heterocycles. The average molecular weight is 310 g/mol. The molecule has 3 rings (SSSR count). The molecule has 120 valence electrons. The van der Waals surface area contributed by atoms with Crippen LogP contribution in [-0.2, 0) is 6.54 Å². The van der Waals surface area contributed by atoms with Crippen molar-refractivity contribution in [1.82, 2.24) is 9.78 Å². The maximum atomic E-state index is 9.84. The predicted molar refractivity (Wildman–Crippen MR) is 94.9 cm³/mol. The van der Waals surface area contributed by atoms with E-state index in [0.717, 1.165) is 22.0 Å². The van der Waals surface area contributed by atoms with E-state index in [1.807, 2.05) is 47.3 Å². The molecule has 0 aliphatic rings. The number of fused-ring (bicyclic) bond motifs is 1. The van der Waals surface area contributed by atoms with Crippen molar-refractivity contribution in [2.75, 3.05) is 11.5 Å². The van der Waals surface area contributed by atoms with Gasteiger partial charge in [-0.1, -0.05) is 12.1 Å². The van der Waals surface area contributed by atoms with Gasteiger partial charge in [0.1, 0.15) is 0 Å². The number of anilines is 2. The molecule has 0 spiro atoms. The number of aromatic nitrogens is 2. The molecule has 0 aliphatic heterocycles. The highest BCUT2D eigenvalue weighted by Gasteiger charge is 2.13. The van der Waals surface area contributed by atoms with Crippen LogP contribution in [-0.4, -0.2) is 20.5 Å². The van der Waals surface area contributed by atoms with Gasteiger partial charge in [0.15, 0.2) is 0 Å². The number of aryl methyl sites for hydroxylation is 1. The summed E-state index contributed by atoms with van der Waals surface area (Å²) in [4.78, 5) is 0. The second-order valence-corrected chi connectivity index (χ2v) is 6.58. The van der Waals surface area contributed by atoms with Gasteiger partial charge in [0.2, 0.25) is 0 Å². The molecule has 0 aliphatic carbocycles. The fourth-order valence-corrected chi connectivity index (χ4v) is 2.60. The van der Waals surface area contributed by atoms with E-state index in [1.54, 1.807) is 13.8 Å². The van der Waals surface area contributed by atoms with E-state index in [1.165, 1.54) is 0 Å². The van der Waals surface area contributed by atoms with Crippen molar-refractivity contribution in [3.8, 4) is 11.1 Å². The molecular weight excluding hydrogens is 288 g/mol. The van der Waals surface area contributed by atoms with E-state index in [2.05, 4.69) is 5.10 Å². The molecule has 2 aromatic carbocycles. The Kier molecular flexibility index (Phi) is 3.74. The van der Waals surface area contributed by atoms with Crippen LogP contribution >= 0.6 is 0 Å². The second-order valence-electron chi connectivity index (χ2n) is 6.58. The molecule has 1 heterocycles. The highest BCUT2D eigenvalue weighted by molar-refractivity contribution is 5.91. The Hall–Kier alpha value is -2.53. The summed E-state index contributed by atoms with van der Waals surface area (Å²) >= 11 is 0. The lowest BCUT2D eigenvalue weighted by Crippen LogP contribution is -2.21. The minimum Gasteiger partial charge on any atom is -0.399 e. The Bertz CT molecular complexity index is 846. The van der Waals surface area contributed by atoms with E-state index in [9.17, 15) is 5.11 Å². The zero-order chi connectivity index (χ0) is 16.6. The smallest absolute Gasteiger partial charge is 0.0931 e. The molecule has 0 atom stereocenters. The van der Waals surface area contributed by atoms with Gasteiger partial charge in [-0.25, -0.2) is 0 Å². The number of nitrogens with two attached hydrogens (primary N) is 2. The molecular formula is C18H22N4O. The van der Waals surface area contributed by atoms with Crippen LogP contribution in [0.25, 0.3) is 22.0 Å². The minimum absolute atomic E-state index is 0.637. The highest BCUT2D eigenvalue weighted by atomic mass is 16.3. The van der Waals surface area contributed by atoms with Gasteiger partial charge in [-0.15, -0.1) is 0 Å². The molecule has 23 heavy (non-hydrogen) atoms. The summed E-state index contributed by atoms with van der Waals surface area (Å²) in [5.41, 5.74) is 15.6. The molecule has 0 unspecified atom stereocenters. The molecule has 0 radical (unpaired) electrons. The maximum Gasteiger partial charge on any atom is 0.0931 e. The molecule has 0 saturated heterocycles. The summed E-state index contributed by atoms with van der Waals surface area (Å²) < 4.78 is 1.85. The van der Waals surface area contributed by atoms with Gasteiger partial charge >= 0.3 is 0 Å². The Morgan fingerprint density at radius 1 is 1.17 bits per heavy atom. The van der Waals surface area contributed by atoms with Crippen molar-refractivity contribution < 1.29 is 5.11 Å². The van der Waals surface area contributed by atoms with E-state index < -0.39 is 5.60 Å². The van der Waals surface area contributed by atoms with Crippen LogP contribution in [0.5, 0.6) is 0 Å². The summed E-state index contributed by atoms with van der Waals surface area (Å²) in [5, 5.41) is 15.4. The lowest BCUT2D eigenvalue weighted by atomic mass is 10.0. The molecule has 0 amide bonds. The largest absolute Gasteiger partial charge is 0.399 e. The van der Waals surface area contributed by atoms with E-state index in [0.29, 0.717) is 24.3 Å². The Morgan fingerprint density at radius 2 is 1.96 bits per heavy atom. The quantitative estimate of drug-likeness (QED) is 0.646. The van der Waals surface area contributed by atoms with E-state index in [-0.39, 0.29) is 0 Å². The van der Waals surface area contributed by atoms with Gasteiger partial charge < -0.3 is 16.6 Å². The fraction of sp³-hybridized carbons (Fsp3) is 0.278.